The lowest BCUT2D eigenvalue weighted by molar-refractivity contribution is -0.115. The number of carbonyl (C=O) groups excluding carboxylic acids is 1. The lowest BCUT2D eigenvalue weighted by Gasteiger charge is -2.13. The van der Waals surface area contributed by atoms with E-state index < -0.39 is 22.5 Å². The Morgan fingerprint density at radius 2 is 1.92 bits per heavy atom. The van der Waals surface area contributed by atoms with E-state index in [4.69, 9.17) is 10.00 Å². The molecule has 0 unspecified atom stereocenters. The first kappa shape index (κ1) is 19.4. The Kier molecular flexibility index (Phi) is 5.97. The van der Waals surface area contributed by atoms with Crippen LogP contribution in [-0.4, -0.2) is 28.0 Å². The molecule has 8 heteroatoms. The van der Waals surface area contributed by atoms with Crippen molar-refractivity contribution in [3.63, 3.8) is 0 Å². The Bertz CT molecular complexity index is 978. The van der Waals surface area contributed by atoms with Crippen molar-refractivity contribution < 1.29 is 17.9 Å². The van der Waals surface area contributed by atoms with Gasteiger partial charge in [0, 0.05) is 5.69 Å². The van der Waals surface area contributed by atoms with Crippen LogP contribution in [0.15, 0.2) is 41.3 Å². The molecule has 0 radical (unpaired) electrons. The minimum atomic E-state index is -3.86. The number of nitriles is 1. The minimum absolute atomic E-state index is 0.0927. The number of hydrogen-bond acceptors (Lipinski definition) is 5. The maximum atomic E-state index is 12.5. The average Bonchev–Trinajstić information content (AvgIpc) is 2.61. The smallest absolute Gasteiger partial charge is 0.241 e. The predicted molar refractivity (Wildman–Crippen MR) is 97.4 cm³/mol. The first-order valence-electron chi connectivity index (χ1n) is 7.71. The van der Waals surface area contributed by atoms with Crippen molar-refractivity contribution in [1.82, 2.24) is 4.72 Å². The standard InChI is InChI=1S/C18H19N3O4S/c1-12-8-17(13(2)7-16(12)25-3)26(23,24)20-11-18(22)21-15-6-4-5-14(9-15)10-19/h4-9,20H,11H2,1-3H3,(H,21,22). The molecule has 0 aliphatic rings. The number of methoxy groups -OCH3 is 1. The molecule has 0 saturated carbocycles. The summed E-state index contributed by atoms with van der Waals surface area (Å²) in [5.74, 6) is 0.0584. The fourth-order valence-electron chi connectivity index (χ4n) is 2.38. The van der Waals surface area contributed by atoms with Crippen LogP contribution in [0.5, 0.6) is 5.75 Å². The zero-order valence-corrected chi connectivity index (χ0v) is 15.5. The largest absolute Gasteiger partial charge is 0.496 e. The molecule has 0 aliphatic heterocycles. The van der Waals surface area contributed by atoms with Crippen molar-refractivity contribution in [1.29, 1.82) is 5.26 Å². The van der Waals surface area contributed by atoms with Crippen LogP contribution in [0.25, 0.3) is 0 Å². The van der Waals surface area contributed by atoms with Gasteiger partial charge in [0.2, 0.25) is 15.9 Å². The molecule has 0 heterocycles. The van der Waals surface area contributed by atoms with Gasteiger partial charge in [-0.1, -0.05) is 6.07 Å². The van der Waals surface area contributed by atoms with Crippen LogP contribution in [-0.2, 0) is 14.8 Å². The zero-order chi connectivity index (χ0) is 19.3. The van der Waals surface area contributed by atoms with Crippen LogP contribution < -0.4 is 14.8 Å². The topological polar surface area (TPSA) is 108 Å². The van der Waals surface area contributed by atoms with E-state index in [9.17, 15) is 13.2 Å². The van der Waals surface area contributed by atoms with E-state index in [0.29, 0.717) is 28.1 Å². The minimum Gasteiger partial charge on any atom is -0.496 e. The van der Waals surface area contributed by atoms with Crippen LogP contribution in [0.2, 0.25) is 0 Å². The van der Waals surface area contributed by atoms with E-state index in [1.54, 1.807) is 38.1 Å². The third-order valence-corrected chi connectivity index (χ3v) is 5.22. The van der Waals surface area contributed by atoms with E-state index >= 15 is 0 Å². The number of anilines is 1. The van der Waals surface area contributed by atoms with Gasteiger partial charge in [-0.25, -0.2) is 13.1 Å². The highest BCUT2D eigenvalue weighted by molar-refractivity contribution is 7.89. The molecule has 7 nitrogen and oxygen atoms in total. The molecule has 0 bridgehead atoms. The highest BCUT2D eigenvalue weighted by Crippen LogP contribution is 2.25. The molecule has 2 aromatic rings. The number of sulfonamides is 1. The molecule has 0 aromatic heterocycles. The Hall–Kier alpha value is -2.89. The summed E-state index contributed by atoms with van der Waals surface area (Å²) >= 11 is 0. The maximum Gasteiger partial charge on any atom is 0.241 e. The number of hydrogen-bond donors (Lipinski definition) is 2. The Balaban J connectivity index is 2.09. The van der Waals surface area contributed by atoms with E-state index in [-0.39, 0.29) is 4.90 Å². The van der Waals surface area contributed by atoms with Gasteiger partial charge in [-0.15, -0.1) is 0 Å². The summed E-state index contributed by atoms with van der Waals surface area (Å²) in [6.45, 7) is 2.97. The van der Waals surface area contributed by atoms with Gasteiger partial charge in [-0.05, 0) is 55.3 Å². The fourth-order valence-corrected chi connectivity index (χ4v) is 3.67. The van der Waals surface area contributed by atoms with Crippen LogP contribution >= 0.6 is 0 Å². The van der Waals surface area contributed by atoms with Gasteiger partial charge in [0.1, 0.15) is 5.75 Å². The van der Waals surface area contributed by atoms with Gasteiger partial charge in [0.25, 0.3) is 0 Å². The number of nitrogens with zero attached hydrogens (tertiary/aromatic N) is 1. The lowest BCUT2D eigenvalue weighted by atomic mass is 10.1. The Morgan fingerprint density at radius 3 is 2.58 bits per heavy atom. The summed E-state index contributed by atoms with van der Waals surface area (Å²) in [6.07, 6.45) is 0. The highest BCUT2D eigenvalue weighted by Gasteiger charge is 2.19. The van der Waals surface area contributed by atoms with Crippen LogP contribution in [0.3, 0.4) is 0 Å². The number of carbonyl (C=O) groups is 1. The Labute approximate surface area is 152 Å². The summed E-state index contributed by atoms with van der Waals surface area (Å²) in [4.78, 5) is 12.1. The first-order chi connectivity index (χ1) is 12.3. The molecule has 0 atom stereocenters. The summed E-state index contributed by atoms with van der Waals surface area (Å²) in [7, 11) is -2.34. The number of benzene rings is 2. The monoisotopic (exact) mass is 373 g/mol. The van der Waals surface area contributed by atoms with Crippen molar-refractivity contribution in [2.24, 2.45) is 0 Å². The van der Waals surface area contributed by atoms with Crippen molar-refractivity contribution in [2.45, 2.75) is 18.7 Å². The number of nitrogens with one attached hydrogen (secondary N) is 2. The summed E-state index contributed by atoms with van der Waals surface area (Å²) in [5.41, 5.74) is 2.01. The van der Waals surface area contributed by atoms with Gasteiger partial charge in [-0.3, -0.25) is 4.79 Å². The van der Waals surface area contributed by atoms with Crippen LogP contribution in [0.4, 0.5) is 5.69 Å². The van der Waals surface area contributed by atoms with Gasteiger partial charge in [0.05, 0.1) is 30.2 Å². The van der Waals surface area contributed by atoms with E-state index in [1.807, 2.05) is 6.07 Å². The van der Waals surface area contributed by atoms with Crippen molar-refractivity contribution >= 4 is 21.6 Å². The van der Waals surface area contributed by atoms with Crippen LogP contribution in [0.1, 0.15) is 16.7 Å². The quantitative estimate of drug-likeness (QED) is 0.806. The SMILES string of the molecule is COc1cc(C)c(S(=O)(=O)NCC(=O)Nc2cccc(C#N)c2)cc1C. The Morgan fingerprint density at radius 1 is 1.19 bits per heavy atom. The summed E-state index contributed by atoms with van der Waals surface area (Å²) < 4.78 is 32.4. The van der Waals surface area contributed by atoms with Gasteiger partial charge in [0.15, 0.2) is 0 Å². The molecular formula is C18H19N3O4S. The molecule has 2 N–H and O–H groups in total. The predicted octanol–water partition coefficient (Wildman–Crippen LogP) is 2.10. The number of amides is 1. The zero-order valence-electron chi connectivity index (χ0n) is 14.7. The number of rotatable bonds is 6. The van der Waals surface area contributed by atoms with Gasteiger partial charge < -0.3 is 10.1 Å². The first-order valence-corrected chi connectivity index (χ1v) is 9.20. The van der Waals surface area contributed by atoms with Crippen molar-refractivity contribution in [2.75, 3.05) is 19.0 Å². The molecule has 1 amide bonds. The third-order valence-electron chi connectivity index (χ3n) is 3.68. The second-order valence-corrected chi connectivity index (χ2v) is 7.39. The number of aryl methyl sites for hydroxylation is 2. The molecule has 0 aliphatic carbocycles. The molecule has 0 saturated heterocycles. The maximum absolute atomic E-state index is 12.5. The molecule has 2 rings (SSSR count). The van der Waals surface area contributed by atoms with Crippen LogP contribution in [0, 0.1) is 25.2 Å². The second-order valence-electron chi connectivity index (χ2n) is 5.65. The fraction of sp³-hybridized carbons (Fsp3) is 0.222. The second kappa shape index (κ2) is 7.99. The molecule has 26 heavy (non-hydrogen) atoms. The molecule has 136 valence electrons. The molecule has 0 fully saturated rings. The molecule has 2 aromatic carbocycles. The third kappa shape index (κ3) is 4.59. The lowest BCUT2D eigenvalue weighted by Crippen LogP contribution is -2.33. The average molecular weight is 373 g/mol. The van der Waals surface area contributed by atoms with E-state index in [0.717, 1.165) is 0 Å². The molecule has 0 spiro atoms. The van der Waals surface area contributed by atoms with E-state index in [1.165, 1.54) is 19.2 Å². The van der Waals surface area contributed by atoms with Crippen molar-refractivity contribution in [3.05, 3.63) is 53.1 Å². The van der Waals surface area contributed by atoms with Gasteiger partial charge in [-0.2, -0.15) is 5.26 Å². The molecular weight excluding hydrogens is 354 g/mol. The summed E-state index contributed by atoms with van der Waals surface area (Å²) in [5, 5.41) is 11.4. The highest BCUT2D eigenvalue weighted by atomic mass is 32.2. The van der Waals surface area contributed by atoms with E-state index in [2.05, 4.69) is 10.0 Å². The normalized spacial score (nSPS) is 10.8. The van der Waals surface area contributed by atoms with Crippen molar-refractivity contribution in [3.8, 4) is 11.8 Å². The summed E-state index contributed by atoms with van der Waals surface area (Å²) in [6, 6.07) is 11.5. The van der Waals surface area contributed by atoms with Gasteiger partial charge >= 0.3 is 0 Å². The number of ether oxygens (including phenoxy) is 1.